The van der Waals surface area contributed by atoms with E-state index in [9.17, 15) is 4.79 Å². The highest BCUT2D eigenvalue weighted by molar-refractivity contribution is 5.79. The molecule has 4 nitrogen and oxygen atoms in total. The molecule has 106 valence electrons. The Morgan fingerprint density at radius 1 is 1.44 bits per heavy atom. The molecule has 0 aromatic heterocycles. The minimum absolute atomic E-state index is 0.195. The van der Waals surface area contributed by atoms with Gasteiger partial charge in [-0.15, -0.1) is 0 Å². The highest BCUT2D eigenvalue weighted by Crippen LogP contribution is 2.16. The van der Waals surface area contributed by atoms with Crippen LogP contribution in [0.15, 0.2) is 0 Å². The maximum Gasteiger partial charge on any atom is 0.223 e. The summed E-state index contributed by atoms with van der Waals surface area (Å²) in [5, 5.41) is 6.54. The Hall–Kier alpha value is -0.610. The minimum atomic E-state index is 0.195. The Morgan fingerprint density at radius 2 is 2.11 bits per heavy atom. The van der Waals surface area contributed by atoms with Gasteiger partial charge in [0.2, 0.25) is 5.91 Å². The van der Waals surface area contributed by atoms with E-state index in [-0.39, 0.29) is 17.9 Å². The summed E-state index contributed by atoms with van der Waals surface area (Å²) in [6.07, 6.45) is 1.93. The molecule has 2 N–H and O–H groups in total. The number of nitrogens with zero attached hydrogens (tertiary/aromatic N) is 1. The van der Waals surface area contributed by atoms with Crippen LogP contribution < -0.4 is 10.6 Å². The standard InChI is InChI=1S/C14H29N3O/c1-5-17(6-2)10-12(4)16-14(18)13-7-8-15-11(3)9-13/h11-13,15H,5-10H2,1-4H3,(H,16,18). The third-order valence-corrected chi connectivity index (χ3v) is 3.81. The molecule has 1 rings (SSSR count). The van der Waals surface area contributed by atoms with Gasteiger partial charge in [-0.1, -0.05) is 13.8 Å². The van der Waals surface area contributed by atoms with Crippen LogP contribution >= 0.6 is 0 Å². The quantitative estimate of drug-likeness (QED) is 0.750. The van der Waals surface area contributed by atoms with E-state index in [2.05, 4.69) is 43.2 Å². The average Bonchev–Trinajstić information content (AvgIpc) is 2.35. The highest BCUT2D eigenvalue weighted by Gasteiger charge is 2.25. The lowest BCUT2D eigenvalue weighted by atomic mass is 9.92. The summed E-state index contributed by atoms with van der Waals surface area (Å²) in [5.41, 5.74) is 0. The lowest BCUT2D eigenvalue weighted by Gasteiger charge is -2.29. The van der Waals surface area contributed by atoms with Gasteiger partial charge in [0, 0.05) is 24.5 Å². The fourth-order valence-corrected chi connectivity index (χ4v) is 2.65. The first-order valence-corrected chi connectivity index (χ1v) is 7.32. The van der Waals surface area contributed by atoms with Crippen LogP contribution in [0, 0.1) is 5.92 Å². The zero-order chi connectivity index (χ0) is 13.5. The molecule has 1 fully saturated rings. The number of carbonyl (C=O) groups excluding carboxylic acids is 1. The Balaban J connectivity index is 2.34. The van der Waals surface area contributed by atoms with Crippen LogP contribution in [0.1, 0.15) is 40.5 Å². The van der Waals surface area contributed by atoms with Gasteiger partial charge in [0.25, 0.3) is 0 Å². The molecule has 0 bridgehead atoms. The minimum Gasteiger partial charge on any atom is -0.352 e. The predicted octanol–water partition coefficient (Wildman–Crippen LogP) is 1.22. The number of carbonyl (C=O) groups is 1. The van der Waals surface area contributed by atoms with Crippen LogP contribution in [0.25, 0.3) is 0 Å². The molecule has 0 aromatic carbocycles. The van der Waals surface area contributed by atoms with Crippen molar-refractivity contribution in [1.82, 2.24) is 15.5 Å². The molecule has 0 spiro atoms. The molecule has 1 amide bonds. The highest BCUT2D eigenvalue weighted by atomic mass is 16.1. The van der Waals surface area contributed by atoms with E-state index in [0.29, 0.717) is 6.04 Å². The van der Waals surface area contributed by atoms with Crippen molar-refractivity contribution in [2.24, 2.45) is 5.92 Å². The Kier molecular flexibility index (Phi) is 6.65. The maximum atomic E-state index is 12.2. The first-order valence-electron chi connectivity index (χ1n) is 7.32. The number of rotatable bonds is 6. The second kappa shape index (κ2) is 7.74. The fraction of sp³-hybridized carbons (Fsp3) is 0.929. The van der Waals surface area contributed by atoms with E-state index in [4.69, 9.17) is 0 Å². The van der Waals surface area contributed by atoms with Gasteiger partial charge in [-0.25, -0.2) is 0 Å². The van der Waals surface area contributed by atoms with E-state index in [1.165, 1.54) is 0 Å². The molecular formula is C14H29N3O. The number of hydrogen-bond donors (Lipinski definition) is 2. The van der Waals surface area contributed by atoms with E-state index in [1.807, 2.05) is 0 Å². The smallest absolute Gasteiger partial charge is 0.223 e. The molecule has 0 radical (unpaired) electrons. The van der Waals surface area contributed by atoms with Crippen LogP contribution in [-0.2, 0) is 4.79 Å². The summed E-state index contributed by atoms with van der Waals surface area (Å²) in [5.74, 6) is 0.434. The van der Waals surface area contributed by atoms with Gasteiger partial charge in [0.15, 0.2) is 0 Å². The van der Waals surface area contributed by atoms with Crippen LogP contribution in [0.4, 0.5) is 0 Å². The van der Waals surface area contributed by atoms with Gasteiger partial charge in [-0.3, -0.25) is 4.79 Å². The third kappa shape index (κ3) is 4.94. The van der Waals surface area contributed by atoms with E-state index < -0.39 is 0 Å². The monoisotopic (exact) mass is 255 g/mol. The molecule has 1 aliphatic rings. The third-order valence-electron chi connectivity index (χ3n) is 3.81. The zero-order valence-corrected chi connectivity index (χ0v) is 12.3. The van der Waals surface area contributed by atoms with Crippen molar-refractivity contribution < 1.29 is 4.79 Å². The van der Waals surface area contributed by atoms with E-state index in [1.54, 1.807) is 0 Å². The van der Waals surface area contributed by atoms with E-state index >= 15 is 0 Å². The molecule has 0 aliphatic carbocycles. The number of likely N-dealkylation sites (N-methyl/N-ethyl adjacent to an activating group) is 1. The number of hydrogen-bond acceptors (Lipinski definition) is 3. The maximum absolute atomic E-state index is 12.2. The van der Waals surface area contributed by atoms with Crippen molar-refractivity contribution in [3.8, 4) is 0 Å². The van der Waals surface area contributed by atoms with Gasteiger partial charge in [0.1, 0.15) is 0 Å². The Bertz CT molecular complexity index is 253. The second-order valence-electron chi connectivity index (χ2n) is 5.47. The van der Waals surface area contributed by atoms with Crippen molar-refractivity contribution in [3.05, 3.63) is 0 Å². The largest absolute Gasteiger partial charge is 0.352 e. The molecule has 3 atom stereocenters. The molecule has 4 heteroatoms. The molecule has 1 heterocycles. The molecule has 18 heavy (non-hydrogen) atoms. The molecule has 0 aromatic rings. The van der Waals surface area contributed by atoms with Crippen LogP contribution in [0.2, 0.25) is 0 Å². The van der Waals surface area contributed by atoms with Crippen molar-refractivity contribution in [1.29, 1.82) is 0 Å². The second-order valence-corrected chi connectivity index (χ2v) is 5.47. The average molecular weight is 255 g/mol. The van der Waals surface area contributed by atoms with Gasteiger partial charge < -0.3 is 15.5 Å². The van der Waals surface area contributed by atoms with Gasteiger partial charge in [0.05, 0.1) is 0 Å². The molecule has 0 saturated carbocycles. The zero-order valence-electron chi connectivity index (χ0n) is 12.3. The Morgan fingerprint density at radius 3 is 2.67 bits per heavy atom. The van der Waals surface area contributed by atoms with Gasteiger partial charge in [-0.2, -0.15) is 0 Å². The van der Waals surface area contributed by atoms with Crippen LogP contribution in [0.3, 0.4) is 0 Å². The van der Waals surface area contributed by atoms with Gasteiger partial charge >= 0.3 is 0 Å². The van der Waals surface area contributed by atoms with Crippen molar-refractivity contribution in [2.75, 3.05) is 26.2 Å². The predicted molar refractivity (Wildman–Crippen MR) is 75.6 cm³/mol. The fourth-order valence-electron chi connectivity index (χ4n) is 2.65. The normalized spacial score (nSPS) is 26.1. The van der Waals surface area contributed by atoms with Crippen molar-refractivity contribution in [3.63, 3.8) is 0 Å². The number of piperidine rings is 1. The SMILES string of the molecule is CCN(CC)CC(C)NC(=O)C1CCNC(C)C1. The first kappa shape index (κ1) is 15.4. The summed E-state index contributed by atoms with van der Waals surface area (Å²) < 4.78 is 0. The van der Waals surface area contributed by atoms with E-state index in [0.717, 1.165) is 39.0 Å². The summed E-state index contributed by atoms with van der Waals surface area (Å²) in [7, 11) is 0. The molecule has 3 unspecified atom stereocenters. The summed E-state index contributed by atoms with van der Waals surface area (Å²) in [6, 6.07) is 0.704. The lowest BCUT2D eigenvalue weighted by molar-refractivity contribution is -0.126. The summed E-state index contributed by atoms with van der Waals surface area (Å²) >= 11 is 0. The van der Waals surface area contributed by atoms with Gasteiger partial charge in [-0.05, 0) is 46.3 Å². The first-order chi connectivity index (χ1) is 8.56. The number of amides is 1. The molecule has 1 aliphatic heterocycles. The molecule has 1 saturated heterocycles. The number of nitrogens with one attached hydrogen (secondary N) is 2. The van der Waals surface area contributed by atoms with Crippen molar-refractivity contribution in [2.45, 2.75) is 52.6 Å². The lowest BCUT2D eigenvalue weighted by Crippen LogP contribution is -2.47. The summed E-state index contributed by atoms with van der Waals surface area (Å²) in [4.78, 5) is 14.5. The summed E-state index contributed by atoms with van der Waals surface area (Å²) in [6.45, 7) is 12.6. The molecular weight excluding hydrogens is 226 g/mol. The van der Waals surface area contributed by atoms with Crippen molar-refractivity contribution >= 4 is 5.91 Å². The van der Waals surface area contributed by atoms with Crippen LogP contribution in [0.5, 0.6) is 0 Å². The topological polar surface area (TPSA) is 44.4 Å². The Labute approximate surface area is 111 Å². The van der Waals surface area contributed by atoms with Crippen LogP contribution in [-0.4, -0.2) is 49.1 Å².